The summed E-state index contributed by atoms with van der Waals surface area (Å²) in [4.78, 5) is 4.09. The van der Waals surface area contributed by atoms with E-state index in [0.717, 1.165) is 19.4 Å². The van der Waals surface area contributed by atoms with Gasteiger partial charge in [0.1, 0.15) is 0 Å². The van der Waals surface area contributed by atoms with Crippen molar-refractivity contribution in [1.29, 1.82) is 0 Å². The number of nitrogens with two attached hydrogens (primary N) is 1. The average Bonchev–Trinajstić information content (AvgIpc) is 2.03. The Morgan fingerprint density at radius 3 is 3.18 bits per heavy atom. The number of guanidine groups is 1. The van der Waals surface area contributed by atoms with Gasteiger partial charge < -0.3 is 16.2 Å². The van der Waals surface area contributed by atoms with Crippen molar-refractivity contribution in [2.24, 2.45) is 10.7 Å². The van der Waals surface area contributed by atoms with Gasteiger partial charge in [0.25, 0.3) is 0 Å². The minimum atomic E-state index is -0.337. The van der Waals surface area contributed by atoms with Crippen LogP contribution in [-0.4, -0.2) is 29.8 Å². The largest absolute Gasteiger partial charge is 0.391 e. The van der Waals surface area contributed by atoms with Gasteiger partial charge in [0.05, 0.1) is 12.1 Å². The van der Waals surface area contributed by atoms with Gasteiger partial charge in [-0.3, -0.25) is 0 Å². The molecule has 0 radical (unpaired) electrons. The zero-order chi connectivity index (χ0) is 8.27. The lowest BCUT2D eigenvalue weighted by molar-refractivity contribution is 0.135. The van der Waals surface area contributed by atoms with E-state index in [1.807, 2.05) is 6.92 Å². The van der Waals surface area contributed by atoms with Gasteiger partial charge in [-0.2, -0.15) is 0 Å². The molecule has 4 nitrogen and oxygen atoms in total. The zero-order valence-electron chi connectivity index (χ0n) is 6.75. The Morgan fingerprint density at radius 1 is 1.91 bits per heavy atom. The lowest BCUT2D eigenvalue weighted by atomic mass is 10.1. The Balaban J connectivity index is 2.51. The molecule has 0 saturated heterocycles. The van der Waals surface area contributed by atoms with Crippen LogP contribution in [0.4, 0.5) is 0 Å². The summed E-state index contributed by atoms with van der Waals surface area (Å²) in [5, 5.41) is 12.3. The molecule has 0 unspecified atom stereocenters. The SMILES string of the molecule is CC[C@H](O)[C@H]1CCNC(N)=N1. The van der Waals surface area contributed by atoms with Crippen LogP contribution in [-0.2, 0) is 0 Å². The van der Waals surface area contributed by atoms with E-state index in [9.17, 15) is 5.11 Å². The first kappa shape index (κ1) is 8.33. The van der Waals surface area contributed by atoms with Crippen LogP contribution in [0.15, 0.2) is 4.99 Å². The second-order valence-electron chi connectivity index (χ2n) is 2.77. The highest BCUT2D eigenvalue weighted by molar-refractivity contribution is 5.78. The molecule has 0 aliphatic carbocycles. The Kier molecular flexibility index (Phi) is 2.70. The monoisotopic (exact) mass is 157 g/mol. The van der Waals surface area contributed by atoms with Crippen molar-refractivity contribution in [3.8, 4) is 0 Å². The lowest BCUT2D eigenvalue weighted by Crippen LogP contribution is -2.42. The highest BCUT2D eigenvalue weighted by Crippen LogP contribution is 2.09. The average molecular weight is 157 g/mol. The third kappa shape index (κ3) is 2.08. The molecule has 1 heterocycles. The Bertz CT molecular complexity index is 158. The molecule has 1 aliphatic rings. The molecule has 0 aromatic rings. The Labute approximate surface area is 66.5 Å². The zero-order valence-corrected chi connectivity index (χ0v) is 6.75. The molecule has 11 heavy (non-hydrogen) atoms. The van der Waals surface area contributed by atoms with Gasteiger partial charge in [-0.1, -0.05) is 6.92 Å². The molecular weight excluding hydrogens is 142 g/mol. The smallest absolute Gasteiger partial charge is 0.188 e. The van der Waals surface area contributed by atoms with Crippen LogP contribution in [0.5, 0.6) is 0 Å². The van der Waals surface area contributed by atoms with Gasteiger partial charge in [0, 0.05) is 6.54 Å². The maximum Gasteiger partial charge on any atom is 0.188 e. The van der Waals surface area contributed by atoms with E-state index < -0.39 is 0 Å². The molecule has 4 heteroatoms. The Hall–Kier alpha value is -0.770. The number of nitrogens with zero attached hydrogens (tertiary/aromatic N) is 1. The third-order valence-corrected chi connectivity index (χ3v) is 1.91. The number of hydrogen-bond donors (Lipinski definition) is 3. The van der Waals surface area contributed by atoms with Crippen LogP contribution in [0.3, 0.4) is 0 Å². The molecular formula is C7H15N3O. The summed E-state index contributed by atoms with van der Waals surface area (Å²) in [5.41, 5.74) is 5.45. The number of aliphatic hydroxyl groups is 1. The summed E-state index contributed by atoms with van der Waals surface area (Å²) in [7, 11) is 0. The van der Waals surface area contributed by atoms with E-state index in [-0.39, 0.29) is 12.1 Å². The van der Waals surface area contributed by atoms with E-state index in [1.165, 1.54) is 0 Å². The Morgan fingerprint density at radius 2 is 2.64 bits per heavy atom. The maximum atomic E-state index is 9.41. The van der Waals surface area contributed by atoms with Crippen LogP contribution >= 0.6 is 0 Å². The fourth-order valence-electron chi connectivity index (χ4n) is 1.19. The van der Waals surface area contributed by atoms with Gasteiger partial charge in [-0.15, -0.1) is 0 Å². The maximum absolute atomic E-state index is 9.41. The standard InChI is InChI=1S/C7H15N3O/c1-2-6(11)5-3-4-9-7(8)10-5/h5-6,11H,2-4H2,1H3,(H3,8,9,10)/t5-,6+/m1/s1. The van der Waals surface area contributed by atoms with Crippen LogP contribution in [0.2, 0.25) is 0 Å². The van der Waals surface area contributed by atoms with Crippen molar-refractivity contribution in [3.63, 3.8) is 0 Å². The minimum Gasteiger partial charge on any atom is -0.391 e. The van der Waals surface area contributed by atoms with Crippen molar-refractivity contribution >= 4 is 5.96 Å². The first-order valence-electron chi connectivity index (χ1n) is 3.99. The van der Waals surface area contributed by atoms with Crippen LogP contribution < -0.4 is 11.1 Å². The van der Waals surface area contributed by atoms with Gasteiger partial charge in [-0.05, 0) is 12.8 Å². The molecule has 0 saturated carbocycles. The quantitative estimate of drug-likeness (QED) is 0.503. The summed E-state index contributed by atoms with van der Waals surface area (Å²) in [6.45, 7) is 2.76. The molecule has 1 rings (SSSR count). The van der Waals surface area contributed by atoms with Crippen LogP contribution in [0.1, 0.15) is 19.8 Å². The molecule has 0 spiro atoms. The summed E-state index contributed by atoms with van der Waals surface area (Å²) in [6, 6.07) is 0.00116. The molecule has 0 aromatic heterocycles. The second kappa shape index (κ2) is 3.57. The van der Waals surface area contributed by atoms with Gasteiger partial charge in [0.15, 0.2) is 5.96 Å². The van der Waals surface area contributed by atoms with Crippen molar-refractivity contribution in [3.05, 3.63) is 0 Å². The first-order chi connectivity index (χ1) is 5.24. The molecule has 0 fully saturated rings. The molecule has 64 valence electrons. The molecule has 2 atom stereocenters. The molecule has 0 aromatic carbocycles. The van der Waals surface area contributed by atoms with E-state index in [0.29, 0.717) is 5.96 Å². The van der Waals surface area contributed by atoms with Crippen LogP contribution in [0, 0.1) is 0 Å². The molecule has 0 amide bonds. The van der Waals surface area contributed by atoms with Gasteiger partial charge in [0.2, 0.25) is 0 Å². The van der Waals surface area contributed by atoms with Crippen molar-refractivity contribution in [1.82, 2.24) is 5.32 Å². The minimum absolute atomic E-state index is 0.00116. The van der Waals surface area contributed by atoms with Crippen molar-refractivity contribution in [2.75, 3.05) is 6.54 Å². The lowest BCUT2D eigenvalue weighted by Gasteiger charge is -2.23. The number of nitrogens with one attached hydrogen (secondary N) is 1. The number of rotatable bonds is 2. The van der Waals surface area contributed by atoms with Crippen molar-refractivity contribution < 1.29 is 5.11 Å². The van der Waals surface area contributed by atoms with Crippen LogP contribution in [0.25, 0.3) is 0 Å². The number of hydrogen-bond acceptors (Lipinski definition) is 4. The van der Waals surface area contributed by atoms with Gasteiger partial charge in [-0.25, -0.2) is 4.99 Å². The highest BCUT2D eigenvalue weighted by atomic mass is 16.3. The van der Waals surface area contributed by atoms with E-state index >= 15 is 0 Å². The van der Waals surface area contributed by atoms with E-state index in [1.54, 1.807) is 0 Å². The van der Waals surface area contributed by atoms with E-state index in [4.69, 9.17) is 5.73 Å². The summed E-state index contributed by atoms with van der Waals surface area (Å²) >= 11 is 0. The third-order valence-electron chi connectivity index (χ3n) is 1.91. The number of aliphatic hydroxyl groups excluding tert-OH is 1. The number of aliphatic imine (C=N–C) groups is 1. The van der Waals surface area contributed by atoms with E-state index in [2.05, 4.69) is 10.3 Å². The normalized spacial score (nSPS) is 27.1. The van der Waals surface area contributed by atoms with Crippen molar-refractivity contribution in [2.45, 2.75) is 31.9 Å². The second-order valence-corrected chi connectivity index (χ2v) is 2.77. The fourth-order valence-corrected chi connectivity index (χ4v) is 1.19. The molecule has 4 N–H and O–H groups in total. The topological polar surface area (TPSA) is 70.6 Å². The fraction of sp³-hybridized carbons (Fsp3) is 0.857. The van der Waals surface area contributed by atoms with Gasteiger partial charge >= 0.3 is 0 Å². The predicted molar refractivity (Wildman–Crippen MR) is 44.3 cm³/mol. The highest BCUT2D eigenvalue weighted by Gasteiger charge is 2.19. The summed E-state index contributed by atoms with van der Waals surface area (Å²) in [5.74, 6) is 0.453. The molecule has 0 bridgehead atoms. The summed E-state index contributed by atoms with van der Waals surface area (Å²) in [6.07, 6.45) is 1.27. The predicted octanol–water partition coefficient (Wildman–Crippen LogP) is -0.566. The molecule has 1 aliphatic heterocycles. The summed E-state index contributed by atoms with van der Waals surface area (Å²) < 4.78 is 0. The first-order valence-corrected chi connectivity index (χ1v) is 3.99.